The van der Waals surface area contributed by atoms with Crippen molar-refractivity contribution in [2.45, 2.75) is 6.10 Å². The van der Waals surface area contributed by atoms with Crippen LogP contribution in [0.15, 0.2) is 41.0 Å². The highest BCUT2D eigenvalue weighted by atomic mass is 35.5. The van der Waals surface area contributed by atoms with Gasteiger partial charge in [0.2, 0.25) is 0 Å². The van der Waals surface area contributed by atoms with E-state index in [1.54, 1.807) is 30.3 Å². The van der Waals surface area contributed by atoms with Crippen LogP contribution in [0, 0.1) is 11.3 Å². The summed E-state index contributed by atoms with van der Waals surface area (Å²) in [5, 5.41) is 22.1. The predicted molar refractivity (Wildman–Crippen MR) is 68.3 cm³/mol. The van der Waals surface area contributed by atoms with Crippen molar-refractivity contribution < 1.29 is 9.52 Å². The number of aliphatic hydroxyl groups excluding tert-OH is 1. The van der Waals surface area contributed by atoms with E-state index in [9.17, 15) is 5.11 Å². The molecule has 2 rings (SSSR count). The van der Waals surface area contributed by atoms with Gasteiger partial charge >= 0.3 is 0 Å². The van der Waals surface area contributed by atoms with Gasteiger partial charge in [0.1, 0.15) is 11.9 Å². The van der Waals surface area contributed by atoms with E-state index < -0.39 is 6.10 Å². The summed E-state index contributed by atoms with van der Waals surface area (Å²) in [5.41, 5.74) is 1.12. The molecule has 1 heterocycles. The van der Waals surface area contributed by atoms with E-state index in [0.29, 0.717) is 22.0 Å². The molecule has 1 aromatic carbocycles. The Kier molecular flexibility index (Phi) is 3.88. The molecule has 0 aliphatic heterocycles. The molecule has 0 bridgehead atoms. The van der Waals surface area contributed by atoms with Crippen LogP contribution in [0.5, 0.6) is 0 Å². The van der Waals surface area contributed by atoms with E-state index in [2.05, 4.69) is 5.32 Å². The number of nitrogens with one attached hydrogen (secondary N) is 1. The maximum Gasteiger partial charge on any atom is 0.134 e. The molecule has 0 fully saturated rings. The Morgan fingerprint density at radius 1 is 1.44 bits per heavy atom. The highest BCUT2D eigenvalue weighted by Crippen LogP contribution is 2.24. The van der Waals surface area contributed by atoms with Gasteiger partial charge in [0.15, 0.2) is 0 Å². The van der Waals surface area contributed by atoms with Gasteiger partial charge in [-0.25, -0.2) is 0 Å². The van der Waals surface area contributed by atoms with Crippen LogP contribution in [0.4, 0.5) is 5.69 Å². The second-order valence-electron chi connectivity index (χ2n) is 3.72. The van der Waals surface area contributed by atoms with E-state index in [1.807, 2.05) is 6.07 Å². The summed E-state index contributed by atoms with van der Waals surface area (Å²) in [6.45, 7) is 0.252. The predicted octanol–water partition coefficient (Wildman–Crippen LogP) is 2.95. The molecule has 18 heavy (non-hydrogen) atoms. The fraction of sp³-hybridized carbons (Fsp3) is 0.154. The molecular formula is C13H11ClN2O2. The largest absolute Gasteiger partial charge is 0.467 e. The first-order valence-corrected chi connectivity index (χ1v) is 5.73. The van der Waals surface area contributed by atoms with Crippen LogP contribution in [-0.2, 0) is 0 Å². The third-order valence-electron chi connectivity index (χ3n) is 2.45. The van der Waals surface area contributed by atoms with Gasteiger partial charge in [-0.15, -0.1) is 0 Å². The first-order chi connectivity index (χ1) is 8.70. The molecule has 0 spiro atoms. The van der Waals surface area contributed by atoms with Crippen LogP contribution in [0.3, 0.4) is 0 Å². The Morgan fingerprint density at radius 2 is 2.28 bits per heavy atom. The van der Waals surface area contributed by atoms with E-state index in [0.717, 1.165) is 0 Å². The van der Waals surface area contributed by atoms with E-state index in [4.69, 9.17) is 21.3 Å². The smallest absolute Gasteiger partial charge is 0.134 e. The normalized spacial score (nSPS) is 11.8. The molecule has 4 nitrogen and oxygen atoms in total. The average Bonchev–Trinajstić information content (AvgIpc) is 2.91. The zero-order chi connectivity index (χ0) is 13.0. The van der Waals surface area contributed by atoms with Gasteiger partial charge in [-0.3, -0.25) is 0 Å². The lowest BCUT2D eigenvalue weighted by molar-refractivity contribution is 0.162. The first-order valence-electron chi connectivity index (χ1n) is 5.35. The summed E-state index contributed by atoms with van der Waals surface area (Å²) >= 11 is 5.98. The lowest BCUT2D eigenvalue weighted by Gasteiger charge is -2.12. The van der Waals surface area contributed by atoms with E-state index in [1.165, 1.54) is 6.26 Å². The minimum Gasteiger partial charge on any atom is -0.467 e. The SMILES string of the molecule is N#Cc1ccc(Cl)c(NCC(O)c2ccco2)c1. The van der Waals surface area contributed by atoms with Crippen molar-refractivity contribution in [3.8, 4) is 6.07 Å². The maximum atomic E-state index is 9.82. The van der Waals surface area contributed by atoms with E-state index >= 15 is 0 Å². The second-order valence-corrected chi connectivity index (χ2v) is 4.13. The molecule has 0 aliphatic rings. The van der Waals surface area contributed by atoms with Gasteiger partial charge in [0.05, 0.1) is 28.6 Å². The summed E-state index contributed by atoms with van der Waals surface area (Å²) in [6, 6.07) is 10.3. The number of benzene rings is 1. The van der Waals surface area contributed by atoms with Gasteiger partial charge in [0.25, 0.3) is 0 Å². The minimum atomic E-state index is -0.762. The van der Waals surface area contributed by atoms with E-state index in [-0.39, 0.29) is 6.54 Å². The highest BCUT2D eigenvalue weighted by molar-refractivity contribution is 6.33. The fourth-order valence-corrected chi connectivity index (χ4v) is 1.70. The van der Waals surface area contributed by atoms with Crippen LogP contribution < -0.4 is 5.32 Å². The standard InChI is InChI=1S/C13H11ClN2O2/c14-10-4-3-9(7-15)6-11(10)16-8-12(17)13-2-1-5-18-13/h1-6,12,16-17H,8H2. The molecule has 1 aromatic heterocycles. The van der Waals surface area contributed by atoms with Crippen LogP contribution in [-0.4, -0.2) is 11.7 Å². The molecule has 1 unspecified atom stereocenters. The number of halogens is 1. The summed E-state index contributed by atoms with van der Waals surface area (Å²) in [4.78, 5) is 0. The molecule has 5 heteroatoms. The Labute approximate surface area is 109 Å². The molecule has 2 aromatic rings. The van der Waals surface area contributed by atoms with Gasteiger partial charge < -0.3 is 14.8 Å². The topological polar surface area (TPSA) is 69.2 Å². The van der Waals surface area contributed by atoms with Gasteiger partial charge in [0, 0.05) is 6.54 Å². The van der Waals surface area contributed by atoms with Crippen molar-refractivity contribution in [2.24, 2.45) is 0 Å². The molecule has 0 aliphatic carbocycles. The van der Waals surface area contributed by atoms with Crippen LogP contribution in [0.25, 0.3) is 0 Å². The number of hydrogen-bond acceptors (Lipinski definition) is 4. The average molecular weight is 263 g/mol. The Hall–Kier alpha value is -1.96. The number of hydrogen-bond donors (Lipinski definition) is 2. The van der Waals surface area contributed by atoms with Crippen molar-refractivity contribution >= 4 is 17.3 Å². The maximum absolute atomic E-state index is 9.82. The van der Waals surface area contributed by atoms with Crippen molar-refractivity contribution in [2.75, 3.05) is 11.9 Å². The quantitative estimate of drug-likeness (QED) is 0.889. The second kappa shape index (κ2) is 5.58. The van der Waals surface area contributed by atoms with Crippen LogP contribution in [0.1, 0.15) is 17.4 Å². The summed E-state index contributed by atoms with van der Waals surface area (Å²) in [6.07, 6.45) is 0.740. The number of anilines is 1. The molecule has 0 radical (unpaired) electrons. The molecule has 0 saturated carbocycles. The van der Waals surface area contributed by atoms with Crippen molar-refractivity contribution in [3.63, 3.8) is 0 Å². The third kappa shape index (κ3) is 2.83. The summed E-state index contributed by atoms with van der Waals surface area (Å²) in [7, 11) is 0. The molecule has 0 amide bonds. The van der Waals surface area contributed by atoms with Crippen LogP contribution >= 0.6 is 11.6 Å². The van der Waals surface area contributed by atoms with Crippen molar-refractivity contribution in [1.29, 1.82) is 5.26 Å². The third-order valence-corrected chi connectivity index (χ3v) is 2.78. The lowest BCUT2D eigenvalue weighted by Crippen LogP contribution is -2.11. The molecule has 1 atom stereocenters. The van der Waals surface area contributed by atoms with Gasteiger partial charge in [-0.1, -0.05) is 11.6 Å². The number of nitrogens with zero attached hydrogens (tertiary/aromatic N) is 1. The monoisotopic (exact) mass is 262 g/mol. The lowest BCUT2D eigenvalue weighted by atomic mass is 10.2. The zero-order valence-electron chi connectivity index (χ0n) is 9.43. The number of nitriles is 1. The van der Waals surface area contributed by atoms with Gasteiger partial charge in [-0.05, 0) is 30.3 Å². The number of rotatable bonds is 4. The van der Waals surface area contributed by atoms with Crippen molar-refractivity contribution in [1.82, 2.24) is 0 Å². The summed E-state index contributed by atoms with van der Waals surface area (Å²) < 4.78 is 5.08. The fourth-order valence-electron chi connectivity index (χ4n) is 1.52. The molecular weight excluding hydrogens is 252 g/mol. The van der Waals surface area contributed by atoms with Crippen LogP contribution in [0.2, 0.25) is 5.02 Å². The Morgan fingerprint density at radius 3 is 2.94 bits per heavy atom. The minimum absolute atomic E-state index is 0.252. The Bertz CT molecular complexity index is 561. The highest BCUT2D eigenvalue weighted by Gasteiger charge is 2.11. The molecule has 92 valence electrons. The van der Waals surface area contributed by atoms with Crippen molar-refractivity contribution in [3.05, 3.63) is 52.9 Å². The zero-order valence-corrected chi connectivity index (χ0v) is 10.2. The molecule has 2 N–H and O–H groups in total. The number of furan rings is 1. The number of aliphatic hydroxyl groups is 1. The Balaban J connectivity index is 2.04. The summed E-state index contributed by atoms with van der Waals surface area (Å²) in [5.74, 6) is 0.482. The molecule has 0 saturated heterocycles. The van der Waals surface area contributed by atoms with Gasteiger partial charge in [-0.2, -0.15) is 5.26 Å². The first kappa shape index (κ1) is 12.5.